The molecule has 0 aliphatic heterocycles. The van der Waals surface area contributed by atoms with Crippen LogP contribution in [0, 0.1) is 6.92 Å². The summed E-state index contributed by atoms with van der Waals surface area (Å²) in [5.74, 6) is 0.716. The van der Waals surface area contributed by atoms with E-state index in [1.165, 1.54) is 0 Å². The summed E-state index contributed by atoms with van der Waals surface area (Å²) in [5, 5.41) is 2.86. The lowest BCUT2D eigenvalue weighted by Crippen LogP contribution is -2.11. The molecule has 2 aromatic heterocycles. The molecule has 2 heterocycles. The fourth-order valence-electron chi connectivity index (χ4n) is 2.88. The summed E-state index contributed by atoms with van der Waals surface area (Å²) in [4.78, 5) is 21.0. The van der Waals surface area contributed by atoms with Gasteiger partial charge in [-0.1, -0.05) is 18.2 Å². The lowest BCUT2D eigenvalue weighted by molar-refractivity contribution is 0.102. The molecule has 4 aromatic rings. The van der Waals surface area contributed by atoms with Gasteiger partial charge in [0.15, 0.2) is 0 Å². The summed E-state index contributed by atoms with van der Waals surface area (Å²) < 4.78 is 2.08. The Morgan fingerprint density at radius 1 is 1.00 bits per heavy atom. The third kappa shape index (κ3) is 2.87. The molecule has 0 spiro atoms. The average Bonchev–Trinajstić information content (AvgIpc) is 2.98. The van der Waals surface area contributed by atoms with Crippen LogP contribution in [0.15, 0.2) is 73.1 Å². The van der Waals surface area contributed by atoms with Crippen molar-refractivity contribution in [2.75, 3.05) is 5.32 Å². The number of anilines is 1. The number of hydrogen-bond acceptors (Lipinski definition) is 3. The summed E-state index contributed by atoms with van der Waals surface area (Å²) in [6.45, 7) is 1.96. The quantitative estimate of drug-likeness (QED) is 0.619. The van der Waals surface area contributed by atoms with Crippen molar-refractivity contribution in [3.05, 3.63) is 84.4 Å². The van der Waals surface area contributed by atoms with Gasteiger partial charge in [0.2, 0.25) is 0 Å². The van der Waals surface area contributed by atoms with Gasteiger partial charge in [-0.2, -0.15) is 0 Å². The van der Waals surface area contributed by atoms with Crippen LogP contribution in [0.3, 0.4) is 0 Å². The average molecular weight is 328 g/mol. The van der Waals surface area contributed by atoms with Gasteiger partial charge in [0.05, 0.1) is 11.0 Å². The molecule has 2 aromatic carbocycles. The van der Waals surface area contributed by atoms with Gasteiger partial charge in [0.25, 0.3) is 5.91 Å². The Morgan fingerprint density at radius 2 is 1.76 bits per heavy atom. The monoisotopic (exact) mass is 328 g/mol. The number of pyridine rings is 1. The van der Waals surface area contributed by atoms with Gasteiger partial charge in [-0.3, -0.25) is 14.3 Å². The zero-order valence-corrected chi connectivity index (χ0v) is 13.7. The third-order valence-electron chi connectivity index (χ3n) is 4.04. The molecule has 5 nitrogen and oxygen atoms in total. The number of carbonyl (C=O) groups excluding carboxylic acids is 1. The van der Waals surface area contributed by atoms with Crippen LogP contribution < -0.4 is 5.32 Å². The van der Waals surface area contributed by atoms with Gasteiger partial charge >= 0.3 is 0 Å². The molecule has 1 N–H and O–H groups in total. The lowest BCUT2D eigenvalue weighted by Gasteiger charge is -2.07. The molecule has 0 aliphatic rings. The van der Waals surface area contributed by atoms with Crippen LogP contribution in [-0.2, 0) is 0 Å². The first-order chi connectivity index (χ1) is 12.2. The lowest BCUT2D eigenvalue weighted by atomic mass is 10.1. The topological polar surface area (TPSA) is 59.8 Å². The summed E-state index contributed by atoms with van der Waals surface area (Å²) in [6, 6.07) is 19.1. The Labute approximate surface area is 145 Å². The maximum absolute atomic E-state index is 12.5. The first-order valence-corrected chi connectivity index (χ1v) is 7.98. The smallest absolute Gasteiger partial charge is 0.255 e. The number of nitrogens with one attached hydrogen (secondary N) is 1. The number of benzene rings is 2. The molecule has 0 radical (unpaired) electrons. The number of para-hydroxylation sites is 1. The number of amides is 1. The minimum Gasteiger partial charge on any atom is -0.322 e. The number of aromatic nitrogens is 3. The van der Waals surface area contributed by atoms with Crippen molar-refractivity contribution in [2.24, 2.45) is 0 Å². The highest BCUT2D eigenvalue weighted by molar-refractivity contribution is 6.06. The van der Waals surface area contributed by atoms with Crippen LogP contribution >= 0.6 is 0 Å². The minimum atomic E-state index is -0.167. The third-order valence-corrected chi connectivity index (χ3v) is 4.04. The van der Waals surface area contributed by atoms with Crippen LogP contribution in [0.1, 0.15) is 16.2 Å². The standard InChI is InChI=1S/C20H16N4O/c1-14-22-18-13-15(20(25)23-16-9-11-21-12-10-16)7-8-19(18)24(14)17-5-3-2-4-6-17/h2-13H,1H3,(H,21,23,25). The van der Waals surface area contributed by atoms with Crippen molar-refractivity contribution in [1.29, 1.82) is 0 Å². The first kappa shape index (κ1) is 15.1. The van der Waals surface area contributed by atoms with E-state index in [0.29, 0.717) is 11.3 Å². The molecule has 0 saturated carbocycles. The fourth-order valence-corrected chi connectivity index (χ4v) is 2.88. The van der Waals surface area contributed by atoms with Crippen molar-refractivity contribution in [3.63, 3.8) is 0 Å². The predicted octanol–water partition coefficient (Wildman–Crippen LogP) is 3.98. The molecule has 0 fully saturated rings. The van der Waals surface area contributed by atoms with Crippen molar-refractivity contribution >= 4 is 22.6 Å². The number of aryl methyl sites for hydroxylation is 1. The number of imidazole rings is 1. The Balaban J connectivity index is 1.71. The molecule has 0 saturated heterocycles. The van der Waals surface area contributed by atoms with Gasteiger partial charge in [-0.25, -0.2) is 4.98 Å². The van der Waals surface area contributed by atoms with Crippen LogP contribution in [0.5, 0.6) is 0 Å². The highest BCUT2D eigenvalue weighted by Gasteiger charge is 2.12. The van der Waals surface area contributed by atoms with E-state index in [9.17, 15) is 4.79 Å². The van der Waals surface area contributed by atoms with Crippen molar-refractivity contribution < 1.29 is 4.79 Å². The van der Waals surface area contributed by atoms with Crippen LogP contribution in [-0.4, -0.2) is 20.4 Å². The molecule has 0 aliphatic carbocycles. The van der Waals surface area contributed by atoms with E-state index in [4.69, 9.17) is 0 Å². The highest BCUT2D eigenvalue weighted by atomic mass is 16.1. The Bertz CT molecular complexity index is 1040. The molecule has 122 valence electrons. The maximum Gasteiger partial charge on any atom is 0.255 e. The Kier molecular flexibility index (Phi) is 3.74. The summed E-state index contributed by atoms with van der Waals surface area (Å²) in [5.41, 5.74) is 4.11. The second-order valence-electron chi connectivity index (χ2n) is 5.72. The molecule has 5 heteroatoms. The van der Waals surface area contributed by atoms with Crippen molar-refractivity contribution in [3.8, 4) is 5.69 Å². The molecular weight excluding hydrogens is 312 g/mol. The maximum atomic E-state index is 12.5. The minimum absolute atomic E-state index is 0.167. The second kappa shape index (κ2) is 6.20. The Morgan fingerprint density at radius 3 is 2.52 bits per heavy atom. The number of nitrogens with zero attached hydrogens (tertiary/aromatic N) is 3. The van der Waals surface area contributed by atoms with Gasteiger partial charge < -0.3 is 5.32 Å². The van der Waals surface area contributed by atoms with E-state index < -0.39 is 0 Å². The largest absolute Gasteiger partial charge is 0.322 e. The second-order valence-corrected chi connectivity index (χ2v) is 5.72. The van der Waals surface area contributed by atoms with Gasteiger partial charge in [-0.15, -0.1) is 0 Å². The van der Waals surface area contributed by atoms with E-state index in [-0.39, 0.29) is 5.91 Å². The van der Waals surface area contributed by atoms with E-state index in [0.717, 1.165) is 22.5 Å². The van der Waals surface area contributed by atoms with Gasteiger partial charge in [0, 0.05) is 29.3 Å². The van der Waals surface area contributed by atoms with E-state index in [1.54, 1.807) is 24.5 Å². The van der Waals surface area contributed by atoms with E-state index in [1.807, 2.05) is 55.5 Å². The molecule has 25 heavy (non-hydrogen) atoms. The van der Waals surface area contributed by atoms with Crippen molar-refractivity contribution in [1.82, 2.24) is 14.5 Å². The molecule has 0 bridgehead atoms. The SMILES string of the molecule is Cc1nc2cc(C(=O)Nc3ccncc3)ccc2n1-c1ccccc1. The first-order valence-electron chi connectivity index (χ1n) is 7.98. The zero-order valence-electron chi connectivity index (χ0n) is 13.7. The van der Waals surface area contributed by atoms with Gasteiger partial charge in [-0.05, 0) is 49.4 Å². The van der Waals surface area contributed by atoms with E-state index >= 15 is 0 Å². The highest BCUT2D eigenvalue weighted by Crippen LogP contribution is 2.22. The molecule has 0 unspecified atom stereocenters. The Hall–Kier alpha value is -3.47. The summed E-state index contributed by atoms with van der Waals surface area (Å²) in [6.07, 6.45) is 3.29. The summed E-state index contributed by atoms with van der Waals surface area (Å²) >= 11 is 0. The van der Waals surface area contributed by atoms with Gasteiger partial charge in [0.1, 0.15) is 5.82 Å². The van der Waals surface area contributed by atoms with Crippen LogP contribution in [0.4, 0.5) is 5.69 Å². The summed E-state index contributed by atoms with van der Waals surface area (Å²) in [7, 11) is 0. The number of carbonyl (C=O) groups is 1. The van der Waals surface area contributed by atoms with E-state index in [2.05, 4.69) is 19.9 Å². The number of hydrogen-bond donors (Lipinski definition) is 1. The predicted molar refractivity (Wildman–Crippen MR) is 98.0 cm³/mol. The molecular formula is C20H16N4O. The molecule has 1 amide bonds. The molecule has 0 atom stereocenters. The zero-order chi connectivity index (χ0) is 17.2. The van der Waals surface area contributed by atoms with Crippen molar-refractivity contribution in [2.45, 2.75) is 6.92 Å². The normalized spacial score (nSPS) is 10.8. The number of fused-ring (bicyclic) bond motifs is 1. The fraction of sp³-hybridized carbons (Fsp3) is 0.0500. The number of rotatable bonds is 3. The van der Waals surface area contributed by atoms with Crippen LogP contribution in [0.2, 0.25) is 0 Å². The molecule has 4 rings (SSSR count). The van der Waals surface area contributed by atoms with Crippen LogP contribution in [0.25, 0.3) is 16.7 Å².